The predicted octanol–water partition coefficient (Wildman–Crippen LogP) is 6.61. The second kappa shape index (κ2) is 13.5. The van der Waals surface area contributed by atoms with Gasteiger partial charge in [-0.25, -0.2) is 4.79 Å². The van der Waals surface area contributed by atoms with Gasteiger partial charge >= 0.3 is 6.09 Å². The lowest BCUT2D eigenvalue weighted by atomic mass is 9.88. The van der Waals surface area contributed by atoms with Crippen LogP contribution in [0, 0.1) is 25.2 Å². The molecule has 40 heavy (non-hydrogen) atoms. The van der Waals surface area contributed by atoms with Crippen LogP contribution in [0.2, 0.25) is 0 Å². The van der Waals surface area contributed by atoms with Gasteiger partial charge < -0.3 is 20.3 Å². The maximum atomic E-state index is 14.6. The second-order valence-electron chi connectivity index (χ2n) is 11.8. The zero-order valence-electron chi connectivity index (χ0n) is 25.4. The van der Waals surface area contributed by atoms with E-state index in [1.54, 1.807) is 49.9 Å². The molecule has 0 saturated heterocycles. The van der Waals surface area contributed by atoms with Gasteiger partial charge in [0.25, 0.3) is 5.91 Å². The Morgan fingerprint density at radius 1 is 1.00 bits per heavy atom. The smallest absolute Gasteiger partial charge is 0.408 e. The number of hydrogen-bond acceptors (Lipinski definition) is 4. The van der Waals surface area contributed by atoms with E-state index in [1.165, 1.54) is 0 Å². The molecule has 0 spiro atoms. The third-order valence-electron chi connectivity index (χ3n) is 7.23. The van der Waals surface area contributed by atoms with Gasteiger partial charge in [0.2, 0.25) is 5.91 Å². The lowest BCUT2D eigenvalue weighted by molar-refractivity contribution is -0.148. The van der Waals surface area contributed by atoms with E-state index in [9.17, 15) is 14.4 Å². The van der Waals surface area contributed by atoms with Crippen LogP contribution in [0.5, 0.6) is 0 Å². The molecule has 2 rings (SSSR count). The normalized spacial score (nSPS) is 13.8. The Kier molecular flexibility index (Phi) is 11.0. The van der Waals surface area contributed by atoms with Crippen LogP contribution in [-0.4, -0.2) is 40.0 Å². The molecule has 2 aromatic rings. The molecule has 2 aromatic carbocycles. The molecular formula is C33H45N3O4. The van der Waals surface area contributed by atoms with E-state index in [1.807, 2.05) is 65.8 Å². The summed E-state index contributed by atoms with van der Waals surface area (Å²) in [5, 5.41) is 5.84. The molecule has 0 fully saturated rings. The average Bonchev–Trinajstić information content (AvgIpc) is 2.89. The van der Waals surface area contributed by atoms with Gasteiger partial charge in [-0.3, -0.25) is 9.59 Å². The summed E-state index contributed by atoms with van der Waals surface area (Å²) < 4.78 is 5.50. The van der Waals surface area contributed by atoms with E-state index in [4.69, 9.17) is 11.2 Å². The molecule has 2 N–H and O–H groups in total. The van der Waals surface area contributed by atoms with Crippen molar-refractivity contribution in [3.05, 3.63) is 65.2 Å². The fourth-order valence-electron chi connectivity index (χ4n) is 4.39. The van der Waals surface area contributed by atoms with Crippen LogP contribution in [0.4, 0.5) is 10.5 Å². The largest absolute Gasteiger partial charge is 0.444 e. The Morgan fingerprint density at radius 3 is 2.15 bits per heavy atom. The van der Waals surface area contributed by atoms with Crippen LogP contribution in [0.15, 0.2) is 48.5 Å². The van der Waals surface area contributed by atoms with Crippen LogP contribution in [-0.2, 0) is 14.3 Å². The molecule has 0 aliphatic carbocycles. The molecule has 0 heterocycles. The highest BCUT2D eigenvalue weighted by molar-refractivity contribution is 6.00. The molecule has 0 aromatic heterocycles. The Balaban J connectivity index is 2.74. The van der Waals surface area contributed by atoms with Crippen molar-refractivity contribution >= 4 is 23.6 Å². The first-order chi connectivity index (χ1) is 18.7. The van der Waals surface area contributed by atoms with E-state index in [2.05, 4.69) is 16.6 Å². The quantitative estimate of drug-likeness (QED) is 0.328. The SMILES string of the molecule is C#Cc1ccccc1C(C(=O)Nc1ccccc1C)N(C(=O)C(NC(=O)OC(C)(C)C)C(C)CC)C(C)(C)CC. The molecule has 3 atom stereocenters. The summed E-state index contributed by atoms with van der Waals surface area (Å²) in [4.78, 5) is 43.3. The molecule has 7 heteroatoms. The number of amides is 3. The number of nitrogens with zero attached hydrogens (tertiary/aromatic N) is 1. The minimum absolute atomic E-state index is 0.238. The standard InChI is InChI=1S/C33H45N3O4/c1-11-22(4)27(35-31(39)40-32(6,7)8)30(38)36(33(9,10)13-3)28(25-20-16-15-19-24(25)12-2)29(37)34-26-21-17-14-18-23(26)5/h2,14-22,27-28H,11,13H2,1,3-10H3,(H,34,37)(H,35,39). The number of terminal acetylenes is 1. The molecule has 0 bridgehead atoms. The lowest BCUT2D eigenvalue weighted by Crippen LogP contribution is -2.60. The molecule has 0 aliphatic rings. The number of rotatable bonds is 10. The maximum Gasteiger partial charge on any atom is 0.408 e. The highest BCUT2D eigenvalue weighted by Gasteiger charge is 2.44. The summed E-state index contributed by atoms with van der Waals surface area (Å²) in [5.74, 6) is 1.66. The number of carbonyl (C=O) groups is 3. The van der Waals surface area contributed by atoms with Crippen LogP contribution >= 0.6 is 0 Å². The number of aryl methyl sites for hydroxylation is 1. The van der Waals surface area contributed by atoms with Gasteiger partial charge in [0.1, 0.15) is 17.7 Å². The lowest BCUT2D eigenvalue weighted by Gasteiger charge is -2.45. The number of para-hydroxylation sites is 1. The van der Waals surface area contributed by atoms with Gasteiger partial charge in [-0.05, 0) is 77.1 Å². The molecule has 7 nitrogen and oxygen atoms in total. The van der Waals surface area contributed by atoms with Crippen molar-refractivity contribution in [2.45, 2.75) is 98.4 Å². The fraction of sp³-hybridized carbons (Fsp3) is 0.485. The summed E-state index contributed by atoms with van der Waals surface area (Å²) in [6, 6.07) is 12.6. The molecule has 3 unspecified atom stereocenters. The Labute approximate surface area is 240 Å². The third kappa shape index (κ3) is 8.11. The van der Waals surface area contributed by atoms with Crippen molar-refractivity contribution in [3.8, 4) is 12.3 Å². The van der Waals surface area contributed by atoms with E-state index < -0.39 is 35.2 Å². The first-order valence-corrected chi connectivity index (χ1v) is 13.9. The molecule has 216 valence electrons. The molecule has 0 aliphatic heterocycles. The zero-order chi connectivity index (χ0) is 30.3. The summed E-state index contributed by atoms with van der Waals surface area (Å²) >= 11 is 0. The Hall–Kier alpha value is -3.79. The highest BCUT2D eigenvalue weighted by atomic mass is 16.6. The van der Waals surface area contributed by atoms with E-state index in [0.717, 1.165) is 5.56 Å². The molecule has 0 radical (unpaired) electrons. The zero-order valence-corrected chi connectivity index (χ0v) is 25.4. The highest BCUT2D eigenvalue weighted by Crippen LogP contribution is 2.35. The van der Waals surface area contributed by atoms with Gasteiger partial charge in [-0.1, -0.05) is 69.5 Å². The third-order valence-corrected chi connectivity index (χ3v) is 7.23. The van der Waals surface area contributed by atoms with E-state index >= 15 is 0 Å². The molecular weight excluding hydrogens is 502 g/mol. The summed E-state index contributed by atoms with van der Waals surface area (Å²) in [6.45, 7) is 16.8. The number of anilines is 1. The van der Waals surface area contributed by atoms with Gasteiger partial charge in [0.05, 0.1) is 0 Å². The Bertz CT molecular complexity index is 1240. The van der Waals surface area contributed by atoms with Crippen LogP contribution in [0.25, 0.3) is 0 Å². The van der Waals surface area contributed by atoms with Gasteiger partial charge in [0.15, 0.2) is 0 Å². The van der Waals surface area contributed by atoms with Crippen molar-refractivity contribution in [2.75, 3.05) is 5.32 Å². The average molecular weight is 548 g/mol. The van der Waals surface area contributed by atoms with E-state index in [0.29, 0.717) is 29.7 Å². The monoisotopic (exact) mass is 547 g/mol. The summed E-state index contributed by atoms with van der Waals surface area (Å²) in [6.07, 6.45) is 6.35. The second-order valence-corrected chi connectivity index (χ2v) is 11.8. The van der Waals surface area contributed by atoms with Crippen LogP contribution in [0.3, 0.4) is 0 Å². The topological polar surface area (TPSA) is 87.7 Å². The van der Waals surface area contributed by atoms with Crippen LogP contribution < -0.4 is 10.6 Å². The number of hydrogen-bond donors (Lipinski definition) is 2. The molecule has 0 saturated carbocycles. The number of ether oxygens (including phenoxy) is 1. The van der Waals surface area contributed by atoms with Crippen molar-refractivity contribution in [1.82, 2.24) is 10.2 Å². The van der Waals surface area contributed by atoms with E-state index in [-0.39, 0.29) is 11.8 Å². The number of benzene rings is 2. The molecule has 3 amide bonds. The van der Waals surface area contributed by atoms with Gasteiger partial charge in [-0.15, -0.1) is 6.42 Å². The van der Waals surface area contributed by atoms with Gasteiger partial charge in [0, 0.05) is 16.8 Å². The van der Waals surface area contributed by atoms with Crippen molar-refractivity contribution in [2.24, 2.45) is 5.92 Å². The summed E-state index contributed by atoms with van der Waals surface area (Å²) in [7, 11) is 0. The number of alkyl carbamates (subject to hydrolysis) is 1. The van der Waals surface area contributed by atoms with Crippen molar-refractivity contribution < 1.29 is 19.1 Å². The first kappa shape index (κ1) is 32.4. The van der Waals surface area contributed by atoms with Gasteiger partial charge in [-0.2, -0.15) is 0 Å². The van der Waals surface area contributed by atoms with Crippen LogP contribution in [0.1, 0.15) is 91.0 Å². The number of carbonyl (C=O) groups excluding carboxylic acids is 3. The summed E-state index contributed by atoms with van der Waals surface area (Å²) in [5.41, 5.74) is 1.05. The van der Waals surface area contributed by atoms with Crippen molar-refractivity contribution in [1.29, 1.82) is 0 Å². The number of nitrogens with one attached hydrogen (secondary N) is 2. The van der Waals surface area contributed by atoms with Crippen molar-refractivity contribution in [3.63, 3.8) is 0 Å². The first-order valence-electron chi connectivity index (χ1n) is 13.9. The fourth-order valence-corrected chi connectivity index (χ4v) is 4.39. The Morgan fingerprint density at radius 2 is 1.60 bits per heavy atom. The minimum Gasteiger partial charge on any atom is -0.444 e. The predicted molar refractivity (Wildman–Crippen MR) is 161 cm³/mol. The maximum absolute atomic E-state index is 14.6. The minimum atomic E-state index is -1.07.